The van der Waals surface area contributed by atoms with Crippen molar-refractivity contribution in [2.24, 2.45) is 0 Å². The summed E-state index contributed by atoms with van der Waals surface area (Å²) in [7, 11) is 4.33. The maximum absolute atomic E-state index is 2.47. The molecule has 0 aliphatic heterocycles. The van der Waals surface area contributed by atoms with Gasteiger partial charge in [0.25, 0.3) is 0 Å². The van der Waals surface area contributed by atoms with Crippen LogP contribution < -0.4 is 0 Å². The van der Waals surface area contributed by atoms with E-state index in [1.165, 1.54) is 154 Å². The second kappa shape index (κ2) is 24.1. The molecule has 0 radical (unpaired) electrons. The van der Waals surface area contributed by atoms with Gasteiger partial charge in [-0.25, -0.2) is 0 Å². The molecule has 0 saturated heterocycles. The lowest BCUT2D eigenvalue weighted by atomic mass is 10.0. The fourth-order valence-electron chi connectivity index (χ4n) is 4.74. The lowest BCUT2D eigenvalue weighted by Gasteiger charge is -2.30. The Balaban J connectivity index is 3.60. The summed E-state index contributed by atoms with van der Waals surface area (Å²) < 4.78 is 0.830. The van der Waals surface area contributed by atoms with E-state index in [1.807, 2.05) is 0 Å². The molecular weight excluding hydrogens is 448 g/mol. The summed E-state index contributed by atoms with van der Waals surface area (Å²) in [5.74, 6) is 0. The highest BCUT2D eigenvalue weighted by Gasteiger charge is 2.25. The van der Waals surface area contributed by atoms with Crippen LogP contribution in [0.25, 0.3) is 0 Å². The molecule has 0 N–H and O–H groups in total. The zero-order chi connectivity index (χ0) is 25.4. The second-order valence-corrected chi connectivity index (χ2v) is 15.8. The van der Waals surface area contributed by atoms with Crippen LogP contribution >= 0.6 is 21.6 Å². The monoisotopic (exact) mass is 514 g/mol. The largest absolute Gasteiger partial charge is 0.0873 e. The summed E-state index contributed by atoms with van der Waals surface area (Å²) in [6.45, 7) is 14.5. The molecule has 0 saturated carbocycles. The number of unbranched alkanes of at least 4 members (excludes halogenated alkanes) is 20. The van der Waals surface area contributed by atoms with Gasteiger partial charge in [0, 0.05) is 9.49 Å². The van der Waals surface area contributed by atoms with Gasteiger partial charge < -0.3 is 0 Å². The highest BCUT2D eigenvalue weighted by Crippen LogP contribution is 2.47. The standard InChI is InChI=1S/C32H66S2/c1-7-9-11-13-15-17-19-21-23-25-27-29-31(3,4)33-34-32(5,6)30-28-26-24-22-20-18-16-14-12-10-8-2/h7-30H2,1-6H3. The normalized spacial score (nSPS) is 12.5. The van der Waals surface area contributed by atoms with Crippen LogP contribution in [0.5, 0.6) is 0 Å². The lowest BCUT2D eigenvalue weighted by molar-refractivity contribution is 0.522. The van der Waals surface area contributed by atoms with Gasteiger partial charge in [-0.15, -0.1) is 0 Å². The summed E-state index contributed by atoms with van der Waals surface area (Å²) >= 11 is 0. The van der Waals surface area contributed by atoms with Crippen molar-refractivity contribution in [3.8, 4) is 0 Å². The van der Waals surface area contributed by atoms with Gasteiger partial charge in [-0.1, -0.05) is 177 Å². The Hall–Kier alpha value is 0.700. The summed E-state index contributed by atoms with van der Waals surface area (Å²) in [5.41, 5.74) is 0. The van der Waals surface area contributed by atoms with Crippen LogP contribution in [0, 0.1) is 0 Å². The Labute approximate surface area is 226 Å². The third-order valence-electron chi connectivity index (χ3n) is 7.26. The van der Waals surface area contributed by atoms with Crippen LogP contribution in [0.4, 0.5) is 0 Å². The van der Waals surface area contributed by atoms with Crippen LogP contribution in [-0.2, 0) is 0 Å². The highest BCUT2D eigenvalue weighted by molar-refractivity contribution is 8.77. The maximum Gasteiger partial charge on any atom is 0.0207 e. The molecule has 0 aliphatic carbocycles. The van der Waals surface area contributed by atoms with Crippen LogP contribution in [0.3, 0.4) is 0 Å². The maximum atomic E-state index is 2.47. The van der Waals surface area contributed by atoms with Crippen LogP contribution in [0.1, 0.15) is 196 Å². The van der Waals surface area contributed by atoms with E-state index in [9.17, 15) is 0 Å². The first-order valence-electron chi connectivity index (χ1n) is 15.7. The van der Waals surface area contributed by atoms with Crippen LogP contribution in [0.2, 0.25) is 0 Å². The topological polar surface area (TPSA) is 0 Å². The molecule has 0 aliphatic rings. The molecule has 0 spiro atoms. The quantitative estimate of drug-likeness (QED) is 0.0789. The molecule has 0 aromatic carbocycles. The average Bonchev–Trinajstić information content (AvgIpc) is 2.80. The second-order valence-electron chi connectivity index (χ2n) is 12.3. The van der Waals surface area contributed by atoms with Gasteiger partial charge in [0.15, 0.2) is 0 Å². The smallest absolute Gasteiger partial charge is 0.0207 e. The minimum Gasteiger partial charge on any atom is -0.0873 e. The fraction of sp³-hybridized carbons (Fsp3) is 1.00. The molecule has 0 bridgehead atoms. The van der Waals surface area contributed by atoms with Gasteiger partial charge in [-0.3, -0.25) is 0 Å². The van der Waals surface area contributed by atoms with Gasteiger partial charge in [0.1, 0.15) is 0 Å². The molecule has 0 unspecified atom stereocenters. The molecule has 0 fully saturated rings. The Morgan fingerprint density at radius 1 is 0.324 bits per heavy atom. The Morgan fingerprint density at radius 2 is 0.529 bits per heavy atom. The highest BCUT2D eigenvalue weighted by atomic mass is 33.1. The van der Waals surface area contributed by atoms with E-state index < -0.39 is 0 Å². The SMILES string of the molecule is CCCCCCCCCCCCCC(C)(C)SSC(C)(C)CCCCCCCCCCCCC. The van der Waals surface area contributed by atoms with Crippen molar-refractivity contribution in [2.45, 2.75) is 205 Å². The minimum atomic E-state index is 0.415. The zero-order valence-corrected chi connectivity index (χ0v) is 26.4. The molecule has 206 valence electrons. The Bertz CT molecular complexity index is 364. The Morgan fingerprint density at radius 3 is 0.765 bits per heavy atom. The first kappa shape index (κ1) is 34.7. The molecule has 0 rings (SSSR count). The van der Waals surface area contributed by atoms with Crippen molar-refractivity contribution in [1.29, 1.82) is 0 Å². The van der Waals surface area contributed by atoms with Gasteiger partial charge in [-0.05, 0) is 40.5 Å². The number of rotatable bonds is 27. The van der Waals surface area contributed by atoms with E-state index in [0.717, 1.165) is 0 Å². The molecule has 34 heavy (non-hydrogen) atoms. The Kier molecular flexibility index (Phi) is 24.6. The third kappa shape index (κ3) is 25.8. The predicted molar refractivity (Wildman–Crippen MR) is 165 cm³/mol. The fourth-order valence-corrected chi connectivity index (χ4v) is 7.50. The minimum absolute atomic E-state index is 0.415. The van der Waals surface area contributed by atoms with Gasteiger partial charge in [0.05, 0.1) is 0 Å². The summed E-state index contributed by atoms with van der Waals surface area (Å²) in [4.78, 5) is 0. The van der Waals surface area contributed by atoms with E-state index in [-0.39, 0.29) is 0 Å². The predicted octanol–water partition coefficient (Wildman–Crippen LogP) is 13.3. The van der Waals surface area contributed by atoms with Crippen LogP contribution in [-0.4, -0.2) is 9.49 Å². The van der Waals surface area contributed by atoms with E-state index in [4.69, 9.17) is 0 Å². The molecule has 0 amide bonds. The first-order chi connectivity index (χ1) is 16.3. The summed E-state index contributed by atoms with van der Waals surface area (Å²) in [5, 5.41) is 0. The van der Waals surface area contributed by atoms with Gasteiger partial charge in [-0.2, -0.15) is 0 Å². The molecule has 0 aromatic heterocycles. The summed E-state index contributed by atoms with van der Waals surface area (Å²) in [6.07, 6.45) is 34.5. The average molecular weight is 515 g/mol. The van der Waals surface area contributed by atoms with Crippen molar-refractivity contribution in [2.75, 3.05) is 0 Å². The molecular formula is C32H66S2. The van der Waals surface area contributed by atoms with E-state index >= 15 is 0 Å². The number of hydrogen-bond acceptors (Lipinski definition) is 2. The van der Waals surface area contributed by atoms with E-state index in [0.29, 0.717) is 9.49 Å². The zero-order valence-electron chi connectivity index (χ0n) is 24.8. The molecule has 2 heteroatoms. The van der Waals surface area contributed by atoms with E-state index in [2.05, 4.69) is 63.1 Å². The lowest BCUT2D eigenvalue weighted by Crippen LogP contribution is -2.18. The van der Waals surface area contributed by atoms with Crippen molar-refractivity contribution < 1.29 is 0 Å². The molecule has 0 nitrogen and oxygen atoms in total. The van der Waals surface area contributed by atoms with Crippen molar-refractivity contribution in [3.63, 3.8) is 0 Å². The van der Waals surface area contributed by atoms with Crippen LogP contribution in [0.15, 0.2) is 0 Å². The molecule has 0 atom stereocenters. The van der Waals surface area contributed by atoms with Crippen molar-refractivity contribution in [3.05, 3.63) is 0 Å². The van der Waals surface area contributed by atoms with Gasteiger partial charge >= 0.3 is 0 Å². The molecule has 0 aromatic rings. The van der Waals surface area contributed by atoms with Crippen molar-refractivity contribution in [1.82, 2.24) is 0 Å². The third-order valence-corrected chi connectivity index (χ3v) is 11.6. The molecule has 0 heterocycles. The number of hydrogen-bond donors (Lipinski definition) is 0. The first-order valence-corrected chi connectivity index (χ1v) is 17.8. The van der Waals surface area contributed by atoms with Gasteiger partial charge in [0.2, 0.25) is 0 Å². The van der Waals surface area contributed by atoms with Crippen molar-refractivity contribution >= 4 is 21.6 Å². The van der Waals surface area contributed by atoms with E-state index in [1.54, 1.807) is 0 Å². The summed E-state index contributed by atoms with van der Waals surface area (Å²) in [6, 6.07) is 0.